The molecule has 0 fully saturated rings. The minimum Gasteiger partial charge on any atom is -0.385 e. The van der Waals surface area contributed by atoms with Crippen molar-refractivity contribution < 1.29 is 9.13 Å². The summed E-state index contributed by atoms with van der Waals surface area (Å²) in [6.07, 6.45) is 1.01. The number of benzene rings is 1. The highest BCUT2D eigenvalue weighted by atomic mass is 79.9. The van der Waals surface area contributed by atoms with Crippen molar-refractivity contribution in [1.82, 2.24) is 5.32 Å². The molecule has 0 heterocycles. The van der Waals surface area contributed by atoms with Crippen molar-refractivity contribution in [1.29, 1.82) is 0 Å². The van der Waals surface area contributed by atoms with Crippen molar-refractivity contribution >= 4 is 15.9 Å². The van der Waals surface area contributed by atoms with E-state index in [-0.39, 0.29) is 11.2 Å². The first-order valence-corrected chi connectivity index (χ1v) is 6.87. The molecule has 1 rings (SSSR count). The molecular formula is C14H21BrFNO. The van der Waals surface area contributed by atoms with Gasteiger partial charge >= 0.3 is 0 Å². The molecule has 0 aromatic heterocycles. The van der Waals surface area contributed by atoms with Gasteiger partial charge in [0.05, 0.1) is 0 Å². The van der Waals surface area contributed by atoms with Gasteiger partial charge in [-0.3, -0.25) is 0 Å². The van der Waals surface area contributed by atoms with Crippen LogP contribution in [0.25, 0.3) is 0 Å². The third-order valence-electron chi connectivity index (χ3n) is 2.92. The quantitative estimate of drug-likeness (QED) is 0.827. The summed E-state index contributed by atoms with van der Waals surface area (Å²) in [4.78, 5) is 0. The van der Waals surface area contributed by atoms with Crippen LogP contribution in [0.4, 0.5) is 4.39 Å². The molecule has 2 nitrogen and oxygen atoms in total. The van der Waals surface area contributed by atoms with Gasteiger partial charge in [0.15, 0.2) is 0 Å². The lowest BCUT2D eigenvalue weighted by Gasteiger charge is -2.24. The van der Waals surface area contributed by atoms with Crippen LogP contribution in [0, 0.1) is 11.2 Å². The molecule has 0 saturated heterocycles. The van der Waals surface area contributed by atoms with Gasteiger partial charge in [-0.05, 0) is 29.5 Å². The highest BCUT2D eigenvalue weighted by molar-refractivity contribution is 9.10. The molecule has 102 valence electrons. The van der Waals surface area contributed by atoms with Crippen LogP contribution in [0.2, 0.25) is 0 Å². The second-order valence-electron chi connectivity index (χ2n) is 5.25. The summed E-state index contributed by atoms with van der Waals surface area (Å²) in [5.74, 6) is -0.217. The first kappa shape index (κ1) is 15.6. The maximum Gasteiger partial charge on any atom is 0.124 e. The topological polar surface area (TPSA) is 21.3 Å². The van der Waals surface area contributed by atoms with Gasteiger partial charge in [0, 0.05) is 31.3 Å². The average Bonchev–Trinajstić information content (AvgIpc) is 2.29. The molecule has 0 aliphatic rings. The summed E-state index contributed by atoms with van der Waals surface area (Å²) in [6, 6.07) is 4.78. The molecule has 0 saturated carbocycles. The number of methoxy groups -OCH3 is 1. The highest BCUT2D eigenvalue weighted by Gasteiger charge is 2.16. The van der Waals surface area contributed by atoms with Crippen molar-refractivity contribution in [3.63, 3.8) is 0 Å². The standard InChI is InChI=1S/C14H21BrFNO/c1-14(2,6-7-18-3)10-17-9-11-4-5-12(16)8-13(11)15/h4-5,8,17H,6-7,9-10H2,1-3H3. The van der Waals surface area contributed by atoms with Crippen LogP contribution < -0.4 is 5.32 Å². The predicted octanol–water partition coefficient (Wildman–Crippen LogP) is 3.74. The maximum absolute atomic E-state index is 12.9. The zero-order valence-electron chi connectivity index (χ0n) is 11.2. The predicted molar refractivity (Wildman–Crippen MR) is 76.1 cm³/mol. The van der Waals surface area contributed by atoms with Crippen molar-refractivity contribution in [2.45, 2.75) is 26.8 Å². The van der Waals surface area contributed by atoms with Gasteiger partial charge in [0.2, 0.25) is 0 Å². The highest BCUT2D eigenvalue weighted by Crippen LogP contribution is 2.21. The fourth-order valence-corrected chi connectivity index (χ4v) is 2.16. The van der Waals surface area contributed by atoms with E-state index in [0.29, 0.717) is 0 Å². The maximum atomic E-state index is 12.9. The largest absolute Gasteiger partial charge is 0.385 e. The van der Waals surface area contributed by atoms with E-state index < -0.39 is 0 Å². The van der Waals surface area contributed by atoms with Crippen LogP contribution in [-0.2, 0) is 11.3 Å². The van der Waals surface area contributed by atoms with E-state index in [0.717, 1.165) is 36.2 Å². The van der Waals surface area contributed by atoms with Crippen molar-refractivity contribution in [2.24, 2.45) is 5.41 Å². The Balaban J connectivity index is 2.41. The fourth-order valence-electron chi connectivity index (χ4n) is 1.67. The molecule has 0 radical (unpaired) electrons. The van der Waals surface area contributed by atoms with Gasteiger partial charge in [0.25, 0.3) is 0 Å². The van der Waals surface area contributed by atoms with Gasteiger partial charge in [-0.2, -0.15) is 0 Å². The van der Waals surface area contributed by atoms with Crippen LogP contribution in [0.3, 0.4) is 0 Å². The Hall–Kier alpha value is -0.450. The zero-order chi connectivity index (χ0) is 13.6. The van der Waals surface area contributed by atoms with Gasteiger partial charge in [0.1, 0.15) is 5.82 Å². The smallest absolute Gasteiger partial charge is 0.124 e. The van der Waals surface area contributed by atoms with Crippen LogP contribution in [-0.4, -0.2) is 20.3 Å². The van der Waals surface area contributed by atoms with Crippen molar-refractivity contribution in [3.05, 3.63) is 34.1 Å². The Kier molecular flexibility index (Phi) is 6.26. The Bertz CT molecular complexity index is 382. The molecule has 0 bridgehead atoms. The average molecular weight is 318 g/mol. The van der Waals surface area contributed by atoms with Crippen molar-refractivity contribution in [2.75, 3.05) is 20.3 Å². The minimum absolute atomic E-state index is 0.197. The summed E-state index contributed by atoms with van der Waals surface area (Å²) in [5, 5.41) is 3.40. The molecule has 0 aliphatic heterocycles. The molecule has 0 atom stereocenters. The lowest BCUT2D eigenvalue weighted by Crippen LogP contribution is -2.30. The fraction of sp³-hybridized carbons (Fsp3) is 0.571. The van der Waals surface area contributed by atoms with Crippen molar-refractivity contribution in [3.8, 4) is 0 Å². The van der Waals surface area contributed by atoms with E-state index >= 15 is 0 Å². The monoisotopic (exact) mass is 317 g/mol. The minimum atomic E-state index is -0.217. The molecule has 1 aromatic rings. The lowest BCUT2D eigenvalue weighted by atomic mass is 9.89. The first-order chi connectivity index (χ1) is 8.44. The second kappa shape index (κ2) is 7.22. The van der Waals surface area contributed by atoms with Crippen LogP contribution >= 0.6 is 15.9 Å². The summed E-state index contributed by atoms with van der Waals surface area (Å²) >= 11 is 3.37. The molecule has 0 spiro atoms. The lowest BCUT2D eigenvalue weighted by molar-refractivity contribution is 0.150. The van der Waals surface area contributed by atoms with Gasteiger partial charge < -0.3 is 10.1 Å². The molecule has 18 heavy (non-hydrogen) atoms. The third kappa shape index (κ3) is 5.46. The molecule has 0 unspecified atom stereocenters. The number of halogens is 2. The summed E-state index contributed by atoms with van der Waals surface area (Å²) in [5.41, 5.74) is 1.27. The summed E-state index contributed by atoms with van der Waals surface area (Å²) in [7, 11) is 1.72. The third-order valence-corrected chi connectivity index (χ3v) is 3.66. The number of nitrogens with one attached hydrogen (secondary N) is 1. The van der Waals surface area contributed by atoms with Crippen LogP contribution in [0.1, 0.15) is 25.8 Å². The number of hydrogen-bond acceptors (Lipinski definition) is 2. The van der Waals surface area contributed by atoms with Gasteiger partial charge in [-0.25, -0.2) is 4.39 Å². The molecule has 1 N–H and O–H groups in total. The second-order valence-corrected chi connectivity index (χ2v) is 6.10. The molecule has 0 amide bonds. The Morgan fingerprint density at radius 3 is 2.72 bits per heavy atom. The number of rotatable bonds is 7. The zero-order valence-corrected chi connectivity index (χ0v) is 12.8. The van der Waals surface area contributed by atoms with E-state index in [4.69, 9.17) is 4.74 Å². The van der Waals surface area contributed by atoms with E-state index in [9.17, 15) is 4.39 Å². The normalized spacial score (nSPS) is 11.8. The van der Waals surface area contributed by atoms with E-state index in [1.807, 2.05) is 0 Å². The molecule has 4 heteroatoms. The van der Waals surface area contributed by atoms with E-state index in [2.05, 4.69) is 35.1 Å². The SMILES string of the molecule is COCCC(C)(C)CNCc1ccc(F)cc1Br. The summed E-state index contributed by atoms with van der Waals surface area (Å²) in [6.45, 7) is 6.82. The van der Waals surface area contributed by atoms with Gasteiger partial charge in [-0.1, -0.05) is 35.8 Å². The van der Waals surface area contributed by atoms with Crippen LogP contribution in [0.15, 0.2) is 22.7 Å². The molecule has 0 aliphatic carbocycles. The van der Waals surface area contributed by atoms with E-state index in [1.165, 1.54) is 12.1 Å². The molecular weight excluding hydrogens is 297 g/mol. The van der Waals surface area contributed by atoms with Gasteiger partial charge in [-0.15, -0.1) is 0 Å². The van der Waals surface area contributed by atoms with E-state index in [1.54, 1.807) is 13.2 Å². The van der Waals surface area contributed by atoms with Crippen LogP contribution in [0.5, 0.6) is 0 Å². The number of hydrogen-bond donors (Lipinski definition) is 1. The summed E-state index contributed by atoms with van der Waals surface area (Å²) < 4.78 is 18.8. The first-order valence-electron chi connectivity index (χ1n) is 6.08. The number of ether oxygens (including phenoxy) is 1. The Labute approximate surface area is 117 Å². The molecule has 1 aromatic carbocycles. The Morgan fingerprint density at radius 2 is 2.11 bits per heavy atom. The Morgan fingerprint density at radius 1 is 1.39 bits per heavy atom.